The molecule has 0 aromatic rings. The van der Waals surface area contributed by atoms with Crippen molar-refractivity contribution in [3.05, 3.63) is 0 Å². The van der Waals surface area contributed by atoms with Crippen LogP contribution in [0.5, 0.6) is 0 Å². The lowest BCUT2D eigenvalue weighted by Crippen LogP contribution is -2.55. The Hall–Kier alpha value is -0.233. The van der Waals surface area contributed by atoms with Gasteiger partial charge in [-0.1, -0.05) is 26.2 Å². The molecular formula is C14H27O4Si. The lowest BCUT2D eigenvalue weighted by atomic mass is 10.0. The molecule has 0 saturated carbocycles. The van der Waals surface area contributed by atoms with E-state index in [-0.39, 0.29) is 11.5 Å². The highest BCUT2D eigenvalue weighted by Gasteiger charge is 2.45. The summed E-state index contributed by atoms with van der Waals surface area (Å²) in [4.78, 5) is 12.0. The molecule has 0 heterocycles. The van der Waals surface area contributed by atoms with Gasteiger partial charge in [-0.15, -0.1) is 0 Å². The third-order valence-electron chi connectivity index (χ3n) is 2.90. The summed E-state index contributed by atoms with van der Waals surface area (Å²) >= 11 is 0. The minimum absolute atomic E-state index is 0.314. The third-order valence-corrected chi connectivity index (χ3v) is 3.24. The van der Waals surface area contributed by atoms with E-state index in [1.165, 1.54) is 0 Å². The standard InChI is InChI=1S/C14H27O4Si/c1-5-9-10-11-12(16-6-2)14(13(15)19,17-7-3)18-8-4/h12H,5-11H2,1-4H3. The zero-order valence-electron chi connectivity index (χ0n) is 12.7. The summed E-state index contributed by atoms with van der Waals surface area (Å²) in [6.07, 6.45) is 3.58. The maximum absolute atomic E-state index is 12.0. The van der Waals surface area contributed by atoms with Gasteiger partial charge in [-0.05, 0) is 27.2 Å². The highest BCUT2D eigenvalue weighted by molar-refractivity contribution is 6.59. The van der Waals surface area contributed by atoms with Crippen LogP contribution in [0.3, 0.4) is 0 Å². The summed E-state index contributed by atoms with van der Waals surface area (Å²) in [6.45, 7) is 9.06. The smallest absolute Gasteiger partial charge is 0.250 e. The fourth-order valence-corrected chi connectivity index (χ4v) is 2.40. The number of hydrogen-bond donors (Lipinski definition) is 0. The number of hydrogen-bond acceptors (Lipinski definition) is 4. The van der Waals surface area contributed by atoms with Gasteiger partial charge in [-0.25, -0.2) is 0 Å². The van der Waals surface area contributed by atoms with Crippen LogP contribution in [0.2, 0.25) is 0 Å². The predicted octanol–water partition coefficient (Wildman–Crippen LogP) is 2.44. The largest absolute Gasteiger partial charge is 0.372 e. The Balaban J connectivity index is 5.02. The molecule has 0 aromatic heterocycles. The van der Waals surface area contributed by atoms with Gasteiger partial charge in [0, 0.05) is 19.8 Å². The maximum atomic E-state index is 12.0. The van der Waals surface area contributed by atoms with E-state index in [1.807, 2.05) is 20.8 Å². The molecule has 1 atom stereocenters. The highest BCUT2D eigenvalue weighted by Crippen LogP contribution is 2.26. The second kappa shape index (κ2) is 10.5. The third kappa shape index (κ3) is 5.73. The first-order chi connectivity index (χ1) is 9.08. The summed E-state index contributed by atoms with van der Waals surface area (Å²) in [5, 5.41) is -0.314. The number of carbonyl (C=O) groups is 1. The van der Waals surface area contributed by atoms with E-state index in [2.05, 4.69) is 17.2 Å². The van der Waals surface area contributed by atoms with Crippen LogP contribution in [0, 0.1) is 0 Å². The maximum Gasteiger partial charge on any atom is 0.250 e. The topological polar surface area (TPSA) is 44.8 Å². The zero-order chi connectivity index (χ0) is 14.7. The van der Waals surface area contributed by atoms with Gasteiger partial charge in [-0.2, -0.15) is 0 Å². The molecule has 0 spiro atoms. The minimum Gasteiger partial charge on any atom is -0.372 e. The lowest BCUT2D eigenvalue weighted by molar-refractivity contribution is -0.267. The van der Waals surface area contributed by atoms with Gasteiger partial charge in [0.05, 0.1) is 0 Å². The van der Waals surface area contributed by atoms with Gasteiger partial charge in [0.1, 0.15) is 16.3 Å². The van der Waals surface area contributed by atoms with Gasteiger partial charge in [0.2, 0.25) is 5.79 Å². The van der Waals surface area contributed by atoms with Crippen molar-refractivity contribution < 1.29 is 19.0 Å². The van der Waals surface area contributed by atoms with E-state index in [1.54, 1.807) is 0 Å². The monoisotopic (exact) mass is 287 g/mol. The molecule has 0 aliphatic heterocycles. The minimum atomic E-state index is -1.33. The average molecular weight is 287 g/mol. The number of rotatable bonds is 12. The van der Waals surface area contributed by atoms with Crippen LogP contribution in [0.1, 0.15) is 53.4 Å². The van der Waals surface area contributed by atoms with Gasteiger partial charge in [0.25, 0.3) is 0 Å². The van der Waals surface area contributed by atoms with E-state index in [0.717, 1.165) is 25.7 Å². The SMILES string of the molecule is CCCCCC(OCC)C(OCC)(OCC)C(=O)[Si]. The van der Waals surface area contributed by atoms with E-state index in [0.29, 0.717) is 19.8 Å². The molecule has 0 fully saturated rings. The molecule has 5 heteroatoms. The Labute approximate surface area is 120 Å². The average Bonchev–Trinajstić information content (AvgIpc) is 2.37. The molecule has 19 heavy (non-hydrogen) atoms. The van der Waals surface area contributed by atoms with Gasteiger partial charge >= 0.3 is 0 Å². The fraction of sp³-hybridized carbons (Fsp3) is 0.929. The summed E-state index contributed by atoms with van der Waals surface area (Å²) in [6, 6.07) is 0. The Morgan fingerprint density at radius 1 is 1.05 bits per heavy atom. The summed E-state index contributed by atoms with van der Waals surface area (Å²) in [7, 11) is 3.07. The van der Waals surface area contributed by atoms with Crippen molar-refractivity contribution in [3.8, 4) is 0 Å². The van der Waals surface area contributed by atoms with E-state index in [4.69, 9.17) is 14.2 Å². The van der Waals surface area contributed by atoms with Crippen LogP contribution in [0.25, 0.3) is 0 Å². The molecule has 1 unspecified atom stereocenters. The molecule has 0 N–H and O–H groups in total. The van der Waals surface area contributed by atoms with Crippen molar-refractivity contribution in [2.24, 2.45) is 0 Å². The normalized spacial score (nSPS) is 13.5. The number of ether oxygens (including phenoxy) is 3. The van der Waals surface area contributed by atoms with Crippen molar-refractivity contribution in [3.63, 3.8) is 0 Å². The Morgan fingerprint density at radius 2 is 1.63 bits per heavy atom. The van der Waals surface area contributed by atoms with Crippen molar-refractivity contribution in [1.82, 2.24) is 0 Å². The Kier molecular flexibility index (Phi) is 10.4. The highest BCUT2D eigenvalue weighted by atomic mass is 28.1. The van der Waals surface area contributed by atoms with Crippen LogP contribution >= 0.6 is 0 Å². The van der Waals surface area contributed by atoms with Crippen LogP contribution in [0.15, 0.2) is 0 Å². The summed E-state index contributed by atoms with van der Waals surface area (Å²) in [5.74, 6) is -1.33. The van der Waals surface area contributed by atoms with Crippen molar-refractivity contribution in [2.45, 2.75) is 65.3 Å². The Bertz CT molecular complexity index is 240. The molecule has 3 radical (unpaired) electrons. The van der Waals surface area contributed by atoms with Crippen molar-refractivity contribution >= 4 is 15.6 Å². The van der Waals surface area contributed by atoms with Gasteiger partial charge in [0.15, 0.2) is 5.41 Å². The molecular weight excluding hydrogens is 260 g/mol. The zero-order valence-corrected chi connectivity index (χ0v) is 13.7. The van der Waals surface area contributed by atoms with Crippen LogP contribution in [-0.4, -0.2) is 47.4 Å². The van der Waals surface area contributed by atoms with Crippen LogP contribution in [-0.2, 0) is 19.0 Å². The van der Waals surface area contributed by atoms with Crippen molar-refractivity contribution in [1.29, 1.82) is 0 Å². The molecule has 0 saturated heterocycles. The molecule has 0 bridgehead atoms. The van der Waals surface area contributed by atoms with Crippen molar-refractivity contribution in [2.75, 3.05) is 19.8 Å². The molecule has 4 nitrogen and oxygen atoms in total. The summed E-state index contributed by atoms with van der Waals surface area (Å²) in [5.41, 5.74) is 0. The number of carbonyl (C=O) groups excluding carboxylic acids is 1. The van der Waals surface area contributed by atoms with Gasteiger partial charge < -0.3 is 19.0 Å². The molecule has 0 aliphatic rings. The lowest BCUT2D eigenvalue weighted by Gasteiger charge is -2.37. The first-order valence-corrected chi connectivity index (χ1v) is 7.74. The molecule has 0 aromatic carbocycles. The Morgan fingerprint density at radius 3 is 2.00 bits per heavy atom. The fourth-order valence-electron chi connectivity index (χ4n) is 2.10. The summed E-state index contributed by atoms with van der Waals surface area (Å²) < 4.78 is 17.0. The van der Waals surface area contributed by atoms with Crippen LogP contribution in [0.4, 0.5) is 0 Å². The van der Waals surface area contributed by atoms with E-state index in [9.17, 15) is 4.79 Å². The first-order valence-electron chi connectivity index (χ1n) is 7.24. The predicted molar refractivity (Wildman–Crippen MR) is 76.3 cm³/mol. The quantitative estimate of drug-likeness (QED) is 0.314. The van der Waals surface area contributed by atoms with E-state index >= 15 is 0 Å². The van der Waals surface area contributed by atoms with Crippen LogP contribution < -0.4 is 0 Å². The number of unbranched alkanes of at least 4 members (excludes halogenated alkanes) is 2. The molecule has 111 valence electrons. The van der Waals surface area contributed by atoms with Gasteiger partial charge in [-0.3, -0.25) is 0 Å². The second-order valence-electron chi connectivity index (χ2n) is 4.30. The molecule has 0 aliphatic carbocycles. The van der Waals surface area contributed by atoms with E-state index < -0.39 is 5.79 Å². The molecule has 0 rings (SSSR count). The first kappa shape index (κ1) is 18.8. The second-order valence-corrected chi connectivity index (χ2v) is 4.76. The molecule has 0 amide bonds.